The lowest BCUT2D eigenvalue weighted by molar-refractivity contribution is 0.0746. The average Bonchev–Trinajstić information content (AvgIpc) is 2.67. The fraction of sp³-hybridized carbons (Fsp3) is 0.316. The minimum absolute atomic E-state index is 0.0630. The molecule has 2 aromatic carbocycles. The van der Waals surface area contributed by atoms with Crippen molar-refractivity contribution in [1.29, 1.82) is 0 Å². The van der Waals surface area contributed by atoms with E-state index in [0.29, 0.717) is 30.2 Å². The van der Waals surface area contributed by atoms with Gasteiger partial charge in [-0.1, -0.05) is 0 Å². The molecule has 0 aliphatic carbocycles. The molecule has 0 spiro atoms. The highest BCUT2D eigenvalue weighted by molar-refractivity contribution is 5.94. The predicted octanol–water partition coefficient (Wildman–Crippen LogP) is 2.81. The summed E-state index contributed by atoms with van der Waals surface area (Å²) >= 11 is 0. The zero-order valence-corrected chi connectivity index (χ0v) is 14.4. The topological polar surface area (TPSA) is 42.0 Å². The zero-order valence-electron chi connectivity index (χ0n) is 14.4. The number of carbonyl (C=O) groups excluding carboxylic acids is 1. The molecule has 1 amide bonds. The van der Waals surface area contributed by atoms with Crippen LogP contribution in [0.5, 0.6) is 11.5 Å². The largest absolute Gasteiger partial charge is 0.493 e. The van der Waals surface area contributed by atoms with Gasteiger partial charge in [-0.25, -0.2) is 4.39 Å². The lowest BCUT2D eigenvalue weighted by atomic mass is 10.1. The van der Waals surface area contributed by atoms with Crippen molar-refractivity contribution in [3.05, 3.63) is 53.8 Å². The molecule has 3 rings (SSSR count). The Balaban J connectivity index is 1.65. The van der Waals surface area contributed by atoms with E-state index in [2.05, 4.69) is 4.90 Å². The minimum Gasteiger partial charge on any atom is -0.493 e. The Morgan fingerprint density at radius 1 is 0.920 bits per heavy atom. The molecule has 0 radical (unpaired) electrons. The second kappa shape index (κ2) is 7.42. The number of benzene rings is 2. The lowest BCUT2D eigenvalue weighted by Crippen LogP contribution is -2.48. The maximum absolute atomic E-state index is 13.0. The highest BCUT2D eigenvalue weighted by Crippen LogP contribution is 2.31. The minimum atomic E-state index is -0.338. The number of carbonyl (C=O) groups is 1. The van der Waals surface area contributed by atoms with Crippen molar-refractivity contribution in [2.75, 3.05) is 45.3 Å². The Kier molecular flexibility index (Phi) is 5.07. The van der Waals surface area contributed by atoms with Gasteiger partial charge < -0.3 is 19.3 Å². The third-order valence-electron chi connectivity index (χ3n) is 4.39. The first kappa shape index (κ1) is 17.1. The van der Waals surface area contributed by atoms with Gasteiger partial charge in [0.1, 0.15) is 5.82 Å². The number of hydrogen-bond donors (Lipinski definition) is 0. The van der Waals surface area contributed by atoms with Crippen molar-refractivity contribution in [2.45, 2.75) is 0 Å². The van der Waals surface area contributed by atoms with E-state index in [0.717, 1.165) is 18.8 Å². The summed E-state index contributed by atoms with van der Waals surface area (Å²) in [5, 5.41) is 0. The van der Waals surface area contributed by atoms with Crippen molar-refractivity contribution >= 4 is 11.6 Å². The molecule has 0 atom stereocenters. The van der Waals surface area contributed by atoms with Gasteiger partial charge >= 0.3 is 0 Å². The molecule has 5 nitrogen and oxygen atoms in total. The van der Waals surface area contributed by atoms with E-state index >= 15 is 0 Å². The molecular weight excluding hydrogens is 323 g/mol. The van der Waals surface area contributed by atoms with Crippen LogP contribution in [0.4, 0.5) is 10.1 Å². The van der Waals surface area contributed by atoms with Crippen molar-refractivity contribution in [3.63, 3.8) is 0 Å². The number of methoxy groups -OCH3 is 2. The molecule has 25 heavy (non-hydrogen) atoms. The summed E-state index contributed by atoms with van der Waals surface area (Å²) in [5.41, 5.74) is 1.55. The summed E-state index contributed by atoms with van der Waals surface area (Å²) in [6.07, 6.45) is 0. The Morgan fingerprint density at radius 2 is 1.56 bits per heavy atom. The Morgan fingerprint density at radius 3 is 2.16 bits per heavy atom. The quantitative estimate of drug-likeness (QED) is 0.855. The van der Waals surface area contributed by atoms with Crippen LogP contribution >= 0.6 is 0 Å². The number of halogens is 1. The number of rotatable bonds is 4. The molecule has 0 unspecified atom stereocenters. The molecule has 0 bridgehead atoms. The van der Waals surface area contributed by atoms with E-state index < -0.39 is 0 Å². The monoisotopic (exact) mass is 344 g/mol. The highest BCUT2D eigenvalue weighted by atomic mass is 19.1. The van der Waals surface area contributed by atoms with Gasteiger partial charge in [0.2, 0.25) is 0 Å². The first-order chi connectivity index (χ1) is 12.1. The Hall–Kier alpha value is -2.76. The first-order valence-electron chi connectivity index (χ1n) is 8.14. The number of hydrogen-bond acceptors (Lipinski definition) is 4. The number of anilines is 1. The summed E-state index contributed by atoms with van der Waals surface area (Å²) in [6.45, 7) is 2.68. The molecule has 0 saturated carbocycles. The van der Waals surface area contributed by atoms with Crippen molar-refractivity contribution < 1.29 is 18.7 Å². The van der Waals surface area contributed by atoms with Crippen LogP contribution in [-0.2, 0) is 0 Å². The van der Waals surface area contributed by atoms with Gasteiger partial charge in [-0.05, 0) is 36.4 Å². The van der Waals surface area contributed by atoms with Gasteiger partial charge in [0, 0.05) is 43.5 Å². The molecule has 6 heteroatoms. The Labute approximate surface area is 146 Å². The van der Waals surface area contributed by atoms with Crippen LogP contribution in [0.15, 0.2) is 42.5 Å². The van der Waals surface area contributed by atoms with Gasteiger partial charge in [0.05, 0.1) is 14.2 Å². The number of ether oxygens (including phenoxy) is 2. The van der Waals surface area contributed by atoms with Gasteiger partial charge in [0.15, 0.2) is 11.5 Å². The van der Waals surface area contributed by atoms with E-state index in [9.17, 15) is 9.18 Å². The maximum atomic E-state index is 13.0. The molecule has 1 heterocycles. The van der Waals surface area contributed by atoms with Crippen LogP contribution in [0.2, 0.25) is 0 Å². The number of amides is 1. The highest BCUT2D eigenvalue weighted by Gasteiger charge is 2.23. The summed E-state index contributed by atoms with van der Waals surface area (Å²) < 4.78 is 23.6. The second-order valence-electron chi connectivity index (χ2n) is 5.83. The SMILES string of the molecule is COc1ccc(N2CCN(C(=O)c3ccc(F)cc3)CC2)cc1OC. The molecular formula is C19H21FN2O3. The van der Waals surface area contributed by atoms with Gasteiger partial charge in [-0.2, -0.15) is 0 Å². The fourth-order valence-electron chi connectivity index (χ4n) is 2.96. The smallest absolute Gasteiger partial charge is 0.253 e. The van der Waals surface area contributed by atoms with Crippen LogP contribution in [0.25, 0.3) is 0 Å². The van der Waals surface area contributed by atoms with E-state index in [-0.39, 0.29) is 11.7 Å². The third kappa shape index (κ3) is 3.68. The Bertz CT molecular complexity index is 741. The van der Waals surface area contributed by atoms with Crippen molar-refractivity contribution in [2.24, 2.45) is 0 Å². The molecule has 1 saturated heterocycles. The molecule has 0 N–H and O–H groups in total. The summed E-state index contributed by atoms with van der Waals surface area (Å²) in [4.78, 5) is 16.5. The van der Waals surface area contributed by atoms with Gasteiger partial charge in [-0.3, -0.25) is 4.79 Å². The van der Waals surface area contributed by atoms with Crippen molar-refractivity contribution in [3.8, 4) is 11.5 Å². The van der Waals surface area contributed by atoms with E-state index in [1.54, 1.807) is 19.1 Å². The fourth-order valence-corrected chi connectivity index (χ4v) is 2.96. The van der Waals surface area contributed by atoms with Crippen molar-refractivity contribution in [1.82, 2.24) is 4.90 Å². The molecule has 132 valence electrons. The number of nitrogens with zero attached hydrogens (tertiary/aromatic N) is 2. The second-order valence-corrected chi connectivity index (χ2v) is 5.83. The van der Waals surface area contributed by atoms with E-state index in [4.69, 9.17) is 9.47 Å². The van der Waals surface area contributed by atoms with E-state index in [1.807, 2.05) is 18.2 Å². The number of piperazine rings is 1. The van der Waals surface area contributed by atoms with Gasteiger partial charge in [0.25, 0.3) is 5.91 Å². The van der Waals surface area contributed by atoms with Crippen LogP contribution in [0, 0.1) is 5.82 Å². The molecule has 2 aromatic rings. The average molecular weight is 344 g/mol. The summed E-state index contributed by atoms with van der Waals surface area (Å²) in [5.74, 6) is 0.975. The van der Waals surface area contributed by atoms with Gasteiger partial charge in [-0.15, -0.1) is 0 Å². The van der Waals surface area contributed by atoms with Crippen LogP contribution in [0.1, 0.15) is 10.4 Å². The predicted molar refractivity (Wildman–Crippen MR) is 94.1 cm³/mol. The molecule has 1 fully saturated rings. The summed E-state index contributed by atoms with van der Waals surface area (Å²) in [6, 6.07) is 11.5. The van der Waals surface area contributed by atoms with Crippen LogP contribution in [0.3, 0.4) is 0 Å². The van der Waals surface area contributed by atoms with E-state index in [1.165, 1.54) is 24.3 Å². The normalized spacial score (nSPS) is 14.4. The maximum Gasteiger partial charge on any atom is 0.253 e. The van der Waals surface area contributed by atoms with Crippen LogP contribution < -0.4 is 14.4 Å². The zero-order chi connectivity index (χ0) is 17.8. The molecule has 1 aliphatic rings. The standard InChI is InChI=1S/C19H21FN2O3/c1-24-17-8-7-16(13-18(17)25-2)21-9-11-22(12-10-21)19(23)14-3-5-15(20)6-4-14/h3-8,13H,9-12H2,1-2H3. The summed E-state index contributed by atoms with van der Waals surface area (Å²) in [7, 11) is 3.22. The molecule has 0 aromatic heterocycles. The lowest BCUT2D eigenvalue weighted by Gasteiger charge is -2.36. The molecule has 1 aliphatic heterocycles. The third-order valence-corrected chi connectivity index (χ3v) is 4.39. The first-order valence-corrected chi connectivity index (χ1v) is 8.14. The van der Waals surface area contributed by atoms with Crippen LogP contribution in [-0.4, -0.2) is 51.2 Å².